The Morgan fingerprint density at radius 3 is 1.71 bits per heavy atom. The maximum Gasteiger partial charge on any atom is 0.339 e. The van der Waals surface area contributed by atoms with Crippen LogP contribution >= 0.6 is 0 Å². The van der Waals surface area contributed by atoms with E-state index in [2.05, 4.69) is 10.6 Å². The molecule has 0 aromatic rings. The highest BCUT2D eigenvalue weighted by atomic mass is 16.7. The maximum atomic E-state index is 10.9. The maximum absolute atomic E-state index is 10.9. The first-order valence-electron chi connectivity index (χ1n) is 4.10. The molecular formula is C7H10N2O8. The quantitative estimate of drug-likeness (QED) is 0.334. The van der Waals surface area contributed by atoms with Gasteiger partial charge < -0.3 is 21.1 Å². The molecule has 0 saturated heterocycles. The first-order valence-corrected chi connectivity index (χ1v) is 4.10. The highest BCUT2D eigenvalue weighted by Gasteiger charge is 2.45. The standard InChI is InChI=1S/C7H10N2O8/c8-6(16)9-17-7(5(14)15,1-3(10)11)2-4(12)13/h1-2H2,(H,10,11)(H,12,13)(H,14,15)(H3,8,9,16). The molecule has 0 unspecified atom stereocenters. The van der Waals surface area contributed by atoms with Crippen LogP contribution in [0.4, 0.5) is 4.79 Å². The number of nitrogens with one attached hydrogen (secondary N) is 1. The molecular weight excluding hydrogens is 240 g/mol. The second-order valence-electron chi connectivity index (χ2n) is 3.01. The molecule has 10 nitrogen and oxygen atoms in total. The predicted octanol–water partition coefficient (Wildman–Crippen LogP) is -1.64. The van der Waals surface area contributed by atoms with E-state index in [0.29, 0.717) is 0 Å². The summed E-state index contributed by atoms with van der Waals surface area (Å²) in [5.74, 6) is -5.07. The highest BCUT2D eigenvalue weighted by Crippen LogP contribution is 2.20. The molecule has 0 aliphatic heterocycles. The monoisotopic (exact) mass is 250 g/mol. The van der Waals surface area contributed by atoms with Gasteiger partial charge in [-0.3, -0.25) is 14.4 Å². The van der Waals surface area contributed by atoms with Gasteiger partial charge in [0.2, 0.25) is 5.60 Å². The first-order chi connectivity index (χ1) is 7.69. The molecule has 10 heteroatoms. The Labute approximate surface area is 93.9 Å². The molecule has 96 valence electrons. The molecule has 0 aliphatic rings. The molecule has 0 rings (SSSR count). The molecule has 0 radical (unpaired) electrons. The van der Waals surface area contributed by atoms with Crippen LogP contribution in [0.5, 0.6) is 0 Å². The SMILES string of the molecule is NC(=O)NOC(CC(=O)O)(CC(=O)O)C(=O)O. The number of carboxylic acids is 3. The predicted molar refractivity (Wildman–Crippen MR) is 48.7 cm³/mol. The van der Waals surface area contributed by atoms with Crippen molar-refractivity contribution < 1.29 is 39.3 Å². The van der Waals surface area contributed by atoms with Crippen LogP contribution in [0.15, 0.2) is 0 Å². The summed E-state index contributed by atoms with van der Waals surface area (Å²) in [6.45, 7) is 0. The van der Waals surface area contributed by atoms with Crippen molar-refractivity contribution in [3.63, 3.8) is 0 Å². The zero-order chi connectivity index (χ0) is 13.6. The van der Waals surface area contributed by atoms with Crippen LogP contribution in [-0.2, 0) is 19.2 Å². The van der Waals surface area contributed by atoms with Crippen molar-refractivity contribution in [2.75, 3.05) is 0 Å². The Hall–Kier alpha value is -2.36. The summed E-state index contributed by atoms with van der Waals surface area (Å²) in [7, 11) is 0. The van der Waals surface area contributed by atoms with E-state index >= 15 is 0 Å². The fourth-order valence-corrected chi connectivity index (χ4v) is 0.966. The van der Waals surface area contributed by atoms with Crippen LogP contribution in [-0.4, -0.2) is 44.9 Å². The van der Waals surface area contributed by atoms with Gasteiger partial charge >= 0.3 is 23.9 Å². The Balaban J connectivity index is 5.07. The fraction of sp³-hybridized carbons (Fsp3) is 0.429. The van der Waals surface area contributed by atoms with E-state index in [1.54, 1.807) is 0 Å². The van der Waals surface area contributed by atoms with Crippen molar-refractivity contribution in [2.45, 2.75) is 18.4 Å². The number of amides is 2. The zero-order valence-electron chi connectivity index (χ0n) is 8.37. The van der Waals surface area contributed by atoms with E-state index in [1.165, 1.54) is 5.48 Å². The number of aliphatic carboxylic acids is 3. The van der Waals surface area contributed by atoms with E-state index in [9.17, 15) is 19.2 Å². The van der Waals surface area contributed by atoms with Crippen molar-refractivity contribution >= 4 is 23.9 Å². The van der Waals surface area contributed by atoms with Gasteiger partial charge in [0.15, 0.2) is 0 Å². The molecule has 6 N–H and O–H groups in total. The number of hydroxylamine groups is 1. The lowest BCUT2D eigenvalue weighted by Gasteiger charge is -2.25. The molecule has 0 saturated carbocycles. The number of urea groups is 1. The molecule has 0 atom stereocenters. The van der Waals surface area contributed by atoms with E-state index in [4.69, 9.17) is 15.3 Å². The molecule has 2 amide bonds. The Morgan fingerprint density at radius 2 is 1.47 bits per heavy atom. The molecule has 0 bridgehead atoms. The minimum absolute atomic E-state index is 1.16. The van der Waals surface area contributed by atoms with Gasteiger partial charge in [-0.1, -0.05) is 0 Å². The smallest absolute Gasteiger partial charge is 0.339 e. The normalized spacial score (nSPS) is 10.6. The van der Waals surface area contributed by atoms with E-state index in [-0.39, 0.29) is 0 Å². The molecule has 0 spiro atoms. The summed E-state index contributed by atoms with van der Waals surface area (Å²) in [6.07, 6.45) is -2.32. The number of hydrogen-bond acceptors (Lipinski definition) is 5. The number of nitrogens with two attached hydrogens (primary N) is 1. The van der Waals surface area contributed by atoms with Crippen molar-refractivity contribution in [3.8, 4) is 0 Å². The average molecular weight is 250 g/mol. The largest absolute Gasteiger partial charge is 0.481 e. The van der Waals surface area contributed by atoms with Crippen LogP contribution in [0, 0.1) is 0 Å². The second kappa shape index (κ2) is 5.65. The molecule has 0 fully saturated rings. The number of carboxylic acid groups (broad SMARTS) is 3. The molecule has 0 heterocycles. The molecule has 0 aliphatic carbocycles. The summed E-state index contributed by atoms with van der Waals surface area (Å²) in [4.78, 5) is 46.4. The lowest BCUT2D eigenvalue weighted by Crippen LogP contribution is -2.50. The highest BCUT2D eigenvalue weighted by molar-refractivity contribution is 5.88. The summed E-state index contributed by atoms with van der Waals surface area (Å²) in [5.41, 5.74) is 3.39. The Kier molecular flexibility index (Phi) is 4.87. The molecule has 17 heavy (non-hydrogen) atoms. The molecule has 0 aromatic carbocycles. The van der Waals surface area contributed by atoms with E-state index < -0.39 is 42.4 Å². The molecule has 0 aromatic heterocycles. The number of primary amides is 1. The van der Waals surface area contributed by atoms with Gasteiger partial charge in [-0.25, -0.2) is 15.1 Å². The fourth-order valence-electron chi connectivity index (χ4n) is 0.966. The third kappa shape index (κ3) is 4.79. The average Bonchev–Trinajstić information content (AvgIpc) is 2.11. The first kappa shape index (κ1) is 14.6. The van der Waals surface area contributed by atoms with Gasteiger partial charge in [0, 0.05) is 0 Å². The van der Waals surface area contributed by atoms with Crippen LogP contribution in [0.25, 0.3) is 0 Å². The van der Waals surface area contributed by atoms with Crippen LogP contribution < -0.4 is 11.2 Å². The van der Waals surface area contributed by atoms with E-state index in [0.717, 1.165) is 0 Å². The van der Waals surface area contributed by atoms with Crippen LogP contribution in [0.3, 0.4) is 0 Å². The minimum atomic E-state index is -2.62. The van der Waals surface area contributed by atoms with Gasteiger partial charge in [0.1, 0.15) is 0 Å². The lowest BCUT2D eigenvalue weighted by atomic mass is 9.96. The van der Waals surface area contributed by atoms with Crippen molar-refractivity contribution in [1.29, 1.82) is 0 Å². The third-order valence-corrected chi connectivity index (χ3v) is 1.61. The van der Waals surface area contributed by atoms with Crippen LogP contribution in [0.2, 0.25) is 0 Å². The van der Waals surface area contributed by atoms with Crippen molar-refractivity contribution in [3.05, 3.63) is 0 Å². The topological polar surface area (TPSA) is 176 Å². The van der Waals surface area contributed by atoms with E-state index in [1.807, 2.05) is 0 Å². The number of carbonyl (C=O) groups excluding carboxylic acids is 1. The van der Waals surface area contributed by atoms with Gasteiger partial charge in [-0.15, -0.1) is 0 Å². The number of hydrogen-bond donors (Lipinski definition) is 5. The summed E-state index contributed by atoms with van der Waals surface area (Å²) in [6, 6.07) is -1.29. The van der Waals surface area contributed by atoms with Crippen molar-refractivity contribution in [2.24, 2.45) is 5.73 Å². The van der Waals surface area contributed by atoms with Gasteiger partial charge in [0.05, 0.1) is 12.8 Å². The number of rotatable bonds is 7. The summed E-state index contributed by atoms with van der Waals surface area (Å²) in [5, 5.41) is 25.8. The number of carbonyl (C=O) groups is 4. The van der Waals surface area contributed by atoms with Gasteiger partial charge in [-0.2, -0.15) is 0 Å². The van der Waals surface area contributed by atoms with Gasteiger partial charge in [0.25, 0.3) is 0 Å². The lowest BCUT2D eigenvalue weighted by molar-refractivity contribution is -0.185. The summed E-state index contributed by atoms with van der Waals surface area (Å²) < 4.78 is 0. The van der Waals surface area contributed by atoms with Gasteiger partial charge in [-0.05, 0) is 0 Å². The second-order valence-corrected chi connectivity index (χ2v) is 3.01. The minimum Gasteiger partial charge on any atom is -0.481 e. The summed E-state index contributed by atoms with van der Waals surface area (Å²) >= 11 is 0. The van der Waals surface area contributed by atoms with Crippen molar-refractivity contribution in [1.82, 2.24) is 5.48 Å². The Morgan fingerprint density at radius 1 is 1.06 bits per heavy atom. The zero-order valence-corrected chi connectivity index (χ0v) is 8.37. The van der Waals surface area contributed by atoms with Crippen LogP contribution in [0.1, 0.15) is 12.8 Å². The third-order valence-electron chi connectivity index (χ3n) is 1.61. The Bertz CT molecular complexity index is 336.